The summed E-state index contributed by atoms with van der Waals surface area (Å²) in [6.45, 7) is -0.580. The number of hydrogen-bond acceptors (Lipinski definition) is 5. The van der Waals surface area contributed by atoms with E-state index in [1.54, 1.807) is 30.3 Å². The van der Waals surface area contributed by atoms with E-state index in [4.69, 9.17) is 4.74 Å². The molecule has 0 saturated carbocycles. The Bertz CT molecular complexity index is 1100. The van der Waals surface area contributed by atoms with Crippen LogP contribution in [-0.2, 0) is 14.8 Å². The minimum Gasteiger partial charge on any atom is -0.493 e. The number of nitrogens with one attached hydrogen (secondary N) is 1. The minimum absolute atomic E-state index is 0.125. The molecule has 0 aromatic heterocycles. The first kappa shape index (κ1) is 24.7. The van der Waals surface area contributed by atoms with Gasteiger partial charge in [0.2, 0.25) is 15.9 Å². The largest absolute Gasteiger partial charge is 0.493 e. The van der Waals surface area contributed by atoms with Gasteiger partial charge in [-0.2, -0.15) is 13.1 Å². The van der Waals surface area contributed by atoms with Crippen molar-refractivity contribution in [3.05, 3.63) is 59.7 Å². The summed E-state index contributed by atoms with van der Waals surface area (Å²) in [7, 11) is -2.25. The number of methoxy groups -OCH3 is 1. The van der Waals surface area contributed by atoms with Crippen LogP contribution < -0.4 is 14.8 Å². The number of benzene rings is 2. The second kappa shape index (κ2) is 10.8. The number of sulfonamides is 1. The first-order valence-electron chi connectivity index (χ1n) is 10.4. The molecule has 3 rings (SSSR count). The number of nitrogens with zero attached hydrogens (tertiary/aromatic N) is 1. The van der Waals surface area contributed by atoms with Gasteiger partial charge in [0.15, 0.2) is 11.5 Å². The number of carbonyl (C=O) groups excluding carboxylic acids is 1. The van der Waals surface area contributed by atoms with E-state index >= 15 is 0 Å². The SMILES string of the molecule is COc1cccc(/C=C/C(=O)NC2CCN(S(=O)(=O)c3ccc(C)cc3)CC2)c1OC(F)F. The van der Waals surface area contributed by atoms with E-state index in [1.165, 1.54) is 35.7 Å². The number of piperidine rings is 1. The van der Waals surface area contributed by atoms with E-state index in [0.29, 0.717) is 12.8 Å². The third-order valence-electron chi connectivity index (χ3n) is 5.31. The molecule has 2 aromatic carbocycles. The van der Waals surface area contributed by atoms with Gasteiger partial charge in [0.05, 0.1) is 12.0 Å². The average molecular weight is 481 g/mol. The molecule has 1 fully saturated rings. The van der Waals surface area contributed by atoms with E-state index < -0.39 is 22.5 Å². The molecule has 1 amide bonds. The molecule has 33 heavy (non-hydrogen) atoms. The first-order chi connectivity index (χ1) is 15.7. The van der Waals surface area contributed by atoms with Gasteiger partial charge in [0.1, 0.15) is 0 Å². The summed E-state index contributed by atoms with van der Waals surface area (Å²) in [5.74, 6) is -0.450. The van der Waals surface area contributed by atoms with Crippen LogP contribution in [0.15, 0.2) is 53.4 Å². The lowest BCUT2D eigenvalue weighted by atomic mass is 10.1. The molecule has 178 valence electrons. The van der Waals surface area contributed by atoms with Crippen molar-refractivity contribution < 1.29 is 31.5 Å². The van der Waals surface area contributed by atoms with Gasteiger partial charge >= 0.3 is 6.61 Å². The molecule has 0 bridgehead atoms. The van der Waals surface area contributed by atoms with Crippen molar-refractivity contribution in [1.29, 1.82) is 0 Å². The first-order valence-corrected chi connectivity index (χ1v) is 11.8. The van der Waals surface area contributed by atoms with E-state index in [1.807, 2.05) is 6.92 Å². The average Bonchev–Trinajstić information content (AvgIpc) is 2.78. The van der Waals surface area contributed by atoms with Crippen molar-refractivity contribution in [3.8, 4) is 11.5 Å². The maximum atomic E-state index is 12.8. The number of aryl methyl sites for hydroxylation is 1. The minimum atomic E-state index is -3.58. The Morgan fingerprint density at radius 2 is 1.82 bits per heavy atom. The van der Waals surface area contributed by atoms with Crippen molar-refractivity contribution >= 4 is 22.0 Å². The third-order valence-corrected chi connectivity index (χ3v) is 7.22. The fourth-order valence-corrected chi connectivity index (χ4v) is 5.02. The molecule has 1 saturated heterocycles. The lowest BCUT2D eigenvalue weighted by molar-refractivity contribution is -0.117. The lowest BCUT2D eigenvalue weighted by Gasteiger charge is -2.31. The van der Waals surface area contributed by atoms with Gasteiger partial charge in [-0.1, -0.05) is 29.8 Å². The van der Waals surface area contributed by atoms with Gasteiger partial charge in [-0.05, 0) is 44.0 Å². The normalized spacial score (nSPS) is 15.7. The lowest BCUT2D eigenvalue weighted by Crippen LogP contribution is -2.46. The predicted molar refractivity (Wildman–Crippen MR) is 120 cm³/mol. The number of amides is 1. The Kier molecular flexibility index (Phi) is 8.04. The van der Waals surface area contributed by atoms with Crippen molar-refractivity contribution in [1.82, 2.24) is 9.62 Å². The number of alkyl halides is 2. The molecule has 1 heterocycles. The van der Waals surface area contributed by atoms with Crippen LogP contribution in [0.1, 0.15) is 24.0 Å². The molecular weight excluding hydrogens is 454 g/mol. The van der Waals surface area contributed by atoms with Crippen LogP contribution in [-0.4, -0.2) is 51.5 Å². The molecule has 10 heteroatoms. The molecule has 1 aliphatic heterocycles. The topological polar surface area (TPSA) is 84.9 Å². The second-order valence-corrected chi connectivity index (χ2v) is 9.53. The standard InChI is InChI=1S/C23H26F2N2O5S/c1-16-6-9-19(10-7-16)33(29,30)27-14-12-18(13-15-27)26-21(28)11-8-17-4-3-5-20(31-2)22(17)32-23(24)25/h3-11,18,23H,12-15H2,1-2H3,(H,26,28)/b11-8+. The second-order valence-electron chi connectivity index (χ2n) is 7.59. The monoisotopic (exact) mass is 480 g/mol. The summed E-state index contributed by atoms with van der Waals surface area (Å²) < 4.78 is 62.1. The maximum absolute atomic E-state index is 12.8. The van der Waals surface area contributed by atoms with Gasteiger partial charge in [0, 0.05) is 30.8 Å². The summed E-state index contributed by atoms with van der Waals surface area (Å²) >= 11 is 0. The van der Waals surface area contributed by atoms with Crippen LogP contribution in [0.25, 0.3) is 6.08 Å². The number of para-hydroxylation sites is 1. The summed E-state index contributed by atoms with van der Waals surface area (Å²) in [4.78, 5) is 12.6. The molecule has 1 N–H and O–H groups in total. The number of hydrogen-bond donors (Lipinski definition) is 1. The van der Waals surface area contributed by atoms with Gasteiger partial charge < -0.3 is 14.8 Å². The highest BCUT2D eigenvalue weighted by Crippen LogP contribution is 2.33. The van der Waals surface area contributed by atoms with Gasteiger partial charge in [-0.25, -0.2) is 8.42 Å². The fraction of sp³-hybridized carbons (Fsp3) is 0.348. The smallest absolute Gasteiger partial charge is 0.387 e. The summed E-state index contributed by atoms with van der Waals surface area (Å²) in [6, 6.07) is 11.1. The number of ether oxygens (including phenoxy) is 2. The Morgan fingerprint density at radius 1 is 1.15 bits per heavy atom. The van der Waals surface area contributed by atoms with Crippen molar-refractivity contribution in [2.75, 3.05) is 20.2 Å². The summed E-state index contributed by atoms with van der Waals surface area (Å²) in [5.41, 5.74) is 1.24. The molecule has 0 radical (unpaired) electrons. The molecule has 0 unspecified atom stereocenters. The van der Waals surface area contributed by atoms with Crippen LogP contribution in [0.2, 0.25) is 0 Å². The van der Waals surface area contributed by atoms with E-state index in [2.05, 4.69) is 10.1 Å². The van der Waals surface area contributed by atoms with Crippen molar-refractivity contribution in [2.45, 2.75) is 37.3 Å². The quantitative estimate of drug-likeness (QED) is 0.584. The highest BCUT2D eigenvalue weighted by molar-refractivity contribution is 7.89. The van der Waals surface area contributed by atoms with Crippen LogP contribution in [0.4, 0.5) is 8.78 Å². The highest BCUT2D eigenvalue weighted by atomic mass is 32.2. The zero-order valence-electron chi connectivity index (χ0n) is 18.3. The van der Waals surface area contributed by atoms with E-state index in [0.717, 1.165) is 5.56 Å². The fourth-order valence-electron chi connectivity index (χ4n) is 3.55. The number of carbonyl (C=O) groups is 1. The summed E-state index contributed by atoms with van der Waals surface area (Å²) in [5, 5.41) is 2.83. The Balaban J connectivity index is 1.59. The molecular formula is C23H26F2N2O5S. The zero-order valence-corrected chi connectivity index (χ0v) is 19.1. The molecule has 0 spiro atoms. The number of halogens is 2. The van der Waals surface area contributed by atoms with Crippen LogP contribution >= 0.6 is 0 Å². The Morgan fingerprint density at radius 3 is 2.42 bits per heavy atom. The highest BCUT2D eigenvalue weighted by Gasteiger charge is 2.29. The van der Waals surface area contributed by atoms with Gasteiger partial charge in [-0.15, -0.1) is 0 Å². The van der Waals surface area contributed by atoms with E-state index in [-0.39, 0.29) is 41.1 Å². The zero-order chi connectivity index (χ0) is 24.0. The van der Waals surface area contributed by atoms with Crippen LogP contribution in [0.5, 0.6) is 11.5 Å². The molecule has 0 atom stereocenters. The molecule has 7 nitrogen and oxygen atoms in total. The predicted octanol–water partition coefficient (Wildman–Crippen LogP) is 3.59. The van der Waals surface area contributed by atoms with Gasteiger partial charge in [-0.3, -0.25) is 4.79 Å². The van der Waals surface area contributed by atoms with Crippen LogP contribution in [0.3, 0.4) is 0 Å². The third kappa shape index (κ3) is 6.29. The molecule has 2 aromatic rings. The maximum Gasteiger partial charge on any atom is 0.387 e. The van der Waals surface area contributed by atoms with Crippen molar-refractivity contribution in [2.24, 2.45) is 0 Å². The Hall–Kier alpha value is -2.98. The van der Waals surface area contributed by atoms with Crippen molar-refractivity contribution in [3.63, 3.8) is 0 Å². The van der Waals surface area contributed by atoms with E-state index in [9.17, 15) is 22.0 Å². The Labute approximate surface area is 192 Å². The molecule has 1 aliphatic rings. The summed E-state index contributed by atoms with van der Waals surface area (Å²) in [6.07, 6.45) is 3.52. The van der Waals surface area contributed by atoms with Crippen LogP contribution in [0, 0.1) is 6.92 Å². The number of rotatable bonds is 8. The van der Waals surface area contributed by atoms with Gasteiger partial charge in [0.25, 0.3) is 0 Å². The molecule has 0 aliphatic carbocycles.